The third-order valence-electron chi connectivity index (χ3n) is 4.14. The molecule has 1 unspecified atom stereocenters. The van der Waals surface area contributed by atoms with Crippen LogP contribution < -0.4 is 9.47 Å². The Bertz CT molecular complexity index is 489. The number of benzene rings is 1. The molecule has 1 aromatic carbocycles. The Morgan fingerprint density at radius 1 is 1.14 bits per heavy atom. The summed E-state index contributed by atoms with van der Waals surface area (Å²) in [5.41, 5.74) is 1.25. The summed E-state index contributed by atoms with van der Waals surface area (Å²) < 4.78 is 15.7. The maximum atomic E-state index is 9.79. The highest BCUT2D eigenvalue weighted by atomic mass is 16.7. The normalized spacial score (nSPS) is 20.3. The second kappa shape index (κ2) is 7.28. The molecule has 0 bridgehead atoms. The van der Waals surface area contributed by atoms with Gasteiger partial charge in [-0.1, -0.05) is 6.07 Å². The lowest BCUT2D eigenvalue weighted by Gasteiger charge is -2.35. The third-order valence-corrected chi connectivity index (χ3v) is 4.14. The number of ether oxygens (including phenoxy) is 3. The van der Waals surface area contributed by atoms with E-state index in [-0.39, 0.29) is 0 Å². The van der Waals surface area contributed by atoms with E-state index in [2.05, 4.69) is 21.9 Å². The molecular weight excluding hydrogens is 284 g/mol. The van der Waals surface area contributed by atoms with E-state index in [0.717, 1.165) is 44.2 Å². The third kappa shape index (κ3) is 3.89. The number of hydrogen-bond donors (Lipinski definition) is 1. The summed E-state index contributed by atoms with van der Waals surface area (Å²) >= 11 is 0. The van der Waals surface area contributed by atoms with Crippen LogP contribution >= 0.6 is 0 Å². The summed E-state index contributed by atoms with van der Waals surface area (Å²) in [6.45, 7) is 6.30. The van der Waals surface area contributed by atoms with Gasteiger partial charge in [0.1, 0.15) is 0 Å². The Balaban J connectivity index is 1.46. The van der Waals surface area contributed by atoms with Crippen LogP contribution in [0.15, 0.2) is 18.2 Å². The quantitative estimate of drug-likeness (QED) is 0.828. The molecule has 0 saturated carbocycles. The molecular formula is C16H24N2O4. The standard InChI is InChI=1S/C16H24N2O4/c1-20-11-14(19)10-18-6-4-17(5-7-18)9-13-2-3-15-16(8-13)22-12-21-15/h2-3,8,14,19H,4-7,9-12H2,1H3. The van der Waals surface area contributed by atoms with E-state index >= 15 is 0 Å². The van der Waals surface area contributed by atoms with Crippen molar-refractivity contribution in [3.05, 3.63) is 23.8 Å². The van der Waals surface area contributed by atoms with Gasteiger partial charge in [0.2, 0.25) is 6.79 Å². The van der Waals surface area contributed by atoms with Crippen molar-refractivity contribution in [3.8, 4) is 11.5 Å². The monoisotopic (exact) mass is 308 g/mol. The molecule has 0 aromatic heterocycles. The number of β-amino-alcohol motifs (C(OH)–C–C–N with tert-alkyl or cyclic N) is 1. The summed E-state index contributed by atoms with van der Waals surface area (Å²) in [6, 6.07) is 6.15. The van der Waals surface area contributed by atoms with Crippen LogP contribution in [-0.4, -0.2) is 74.2 Å². The lowest BCUT2D eigenvalue weighted by Crippen LogP contribution is -2.48. The molecule has 0 amide bonds. The molecule has 2 heterocycles. The highest BCUT2D eigenvalue weighted by Gasteiger charge is 2.20. The number of aliphatic hydroxyl groups is 1. The van der Waals surface area contributed by atoms with Crippen LogP contribution in [0.1, 0.15) is 5.56 Å². The van der Waals surface area contributed by atoms with Gasteiger partial charge in [0.15, 0.2) is 11.5 Å². The van der Waals surface area contributed by atoms with Crippen LogP contribution in [0.4, 0.5) is 0 Å². The average molecular weight is 308 g/mol. The first-order chi connectivity index (χ1) is 10.7. The van der Waals surface area contributed by atoms with Crippen molar-refractivity contribution in [1.82, 2.24) is 9.80 Å². The Morgan fingerprint density at radius 2 is 1.86 bits per heavy atom. The van der Waals surface area contributed by atoms with Gasteiger partial charge in [-0.25, -0.2) is 0 Å². The van der Waals surface area contributed by atoms with Crippen molar-refractivity contribution in [1.29, 1.82) is 0 Å². The summed E-state index contributed by atoms with van der Waals surface area (Å²) in [5.74, 6) is 1.68. The van der Waals surface area contributed by atoms with E-state index in [1.165, 1.54) is 5.56 Å². The Morgan fingerprint density at radius 3 is 2.64 bits per heavy atom. The maximum absolute atomic E-state index is 9.79. The van der Waals surface area contributed by atoms with Gasteiger partial charge in [0.25, 0.3) is 0 Å². The van der Waals surface area contributed by atoms with Gasteiger partial charge < -0.3 is 19.3 Å². The van der Waals surface area contributed by atoms with Gasteiger partial charge >= 0.3 is 0 Å². The molecule has 2 aliphatic heterocycles. The highest BCUT2D eigenvalue weighted by molar-refractivity contribution is 5.44. The van der Waals surface area contributed by atoms with E-state index in [0.29, 0.717) is 19.9 Å². The van der Waals surface area contributed by atoms with Crippen molar-refractivity contribution in [3.63, 3.8) is 0 Å². The fraction of sp³-hybridized carbons (Fsp3) is 0.625. The first kappa shape index (κ1) is 15.6. The predicted molar refractivity (Wildman–Crippen MR) is 82.2 cm³/mol. The largest absolute Gasteiger partial charge is 0.454 e. The lowest BCUT2D eigenvalue weighted by molar-refractivity contribution is 0.0230. The number of hydrogen-bond acceptors (Lipinski definition) is 6. The van der Waals surface area contributed by atoms with Crippen molar-refractivity contribution < 1.29 is 19.3 Å². The molecule has 6 heteroatoms. The first-order valence-corrected chi connectivity index (χ1v) is 7.75. The fourth-order valence-corrected chi connectivity index (χ4v) is 2.97. The molecule has 1 N–H and O–H groups in total. The van der Waals surface area contributed by atoms with Crippen LogP contribution in [0.2, 0.25) is 0 Å². The van der Waals surface area contributed by atoms with E-state index in [1.807, 2.05) is 6.07 Å². The minimum Gasteiger partial charge on any atom is -0.454 e. The molecule has 3 rings (SSSR count). The van der Waals surface area contributed by atoms with Crippen molar-refractivity contribution in [2.75, 3.05) is 53.2 Å². The SMILES string of the molecule is COCC(O)CN1CCN(Cc2ccc3c(c2)OCO3)CC1. The maximum Gasteiger partial charge on any atom is 0.231 e. The second-order valence-corrected chi connectivity index (χ2v) is 5.87. The molecule has 1 atom stereocenters. The van der Waals surface area contributed by atoms with E-state index in [1.54, 1.807) is 7.11 Å². The second-order valence-electron chi connectivity index (χ2n) is 5.87. The molecule has 122 valence electrons. The minimum atomic E-state index is -0.398. The Labute approximate surface area is 131 Å². The summed E-state index contributed by atoms with van der Waals surface area (Å²) in [4.78, 5) is 4.72. The lowest BCUT2D eigenvalue weighted by atomic mass is 10.1. The number of rotatable bonds is 6. The Hall–Kier alpha value is -1.34. The number of piperazine rings is 1. The van der Waals surface area contributed by atoms with E-state index < -0.39 is 6.10 Å². The Kier molecular flexibility index (Phi) is 5.15. The highest BCUT2D eigenvalue weighted by Crippen LogP contribution is 2.32. The van der Waals surface area contributed by atoms with Crippen molar-refractivity contribution in [2.24, 2.45) is 0 Å². The van der Waals surface area contributed by atoms with Crippen LogP contribution in [0, 0.1) is 0 Å². The zero-order chi connectivity index (χ0) is 15.4. The zero-order valence-electron chi connectivity index (χ0n) is 13.0. The van der Waals surface area contributed by atoms with E-state index in [9.17, 15) is 5.11 Å². The molecule has 6 nitrogen and oxygen atoms in total. The van der Waals surface area contributed by atoms with Gasteiger partial charge in [-0.05, 0) is 17.7 Å². The molecule has 1 fully saturated rings. The van der Waals surface area contributed by atoms with Crippen LogP contribution in [0.3, 0.4) is 0 Å². The molecule has 0 aliphatic carbocycles. The van der Waals surface area contributed by atoms with Gasteiger partial charge in [0.05, 0.1) is 12.7 Å². The molecule has 1 saturated heterocycles. The van der Waals surface area contributed by atoms with Crippen LogP contribution in [0.25, 0.3) is 0 Å². The van der Waals surface area contributed by atoms with Gasteiger partial charge in [-0.15, -0.1) is 0 Å². The topological polar surface area (TPSA) is 54.4 Å². The number of nitrogens with zero attached hydrogens (tertiary/aromatic N) is 2. The molecule has 22 heavy (non-hydrogen) atoms. The van der Waals surface area contributed by atoms with Crippen molar-refractivity contribution >= 4 is 0 Å². The summed E-state index contributed by atoms with van der Waals surface area (Å²) in [6.07, 6.45) is -0.398. The van der Waals surface area contributed by atoms with Crippen LogP contribution in [-0.2, 0) is 11.3 Å². The minimum absolute atomic E-state index is 0.321. The van der Waals surface area contributed by atoms with Gasteiger partial charge in [0, 0.05) is 46.4 Å². The molecule has 1 aromatic rings. The molecule has 0 spiro atoms. The smallest absolute Gasteiger partial charge is 0.231 e. The summed E-state index contributed by atoms with van der Waals surface area (Å²) in [5, 5.41) is 9.79. The van der Waals surface area contributed by atoms with Crippen molar-refractivity contribution in [2.45, 2.75) is 12.6 Å². The first-order valence-electron chi connectivity index (χ1n) is 7.75. The van der Waals surface area contributed by atoms with Gasteiger partial charge in [-0.2, -0.15) is 0 Å². The van der Waals surface area contributed by atoms with Gasteiger partial charge in [-0.3, -0.25) is 9.80 Å². The summed E-state index contributed by atoms with van der Waals surface area (Å²) in [7, 11) is 1.62. The predicted octanol–water partition coefficient (Wildman–Crippen LogP) is 0.540. The number of aliphatic hydroxyl groups excluding tert-OH is 1. The molecule has 2 aliphatic rings. The molecule has 0 radical (unpaired) electrons. The average Bonchev–Trinajstić information content (AvgIpc) is 2.97. The number of fused-ring (bicyclic) bond motifs is 1. The van der Waals surface area contributed by atoms with Crippen LogP contribution in [0.5, 0.6) is 11.5 Å². The van der Waals surface area contributed by atoms with E-state index in [4.69, 9.17) is 14.2 Å². The zero-order valence-corrected chi connectivity index (χ0v) is 13.0. The number of methoxy groups -OCH3 is 1. The fourth-order valence-electron chi connectivity index (χ4n) is 2.97.